The van der Waals surface area contributed by atoms with E-state index >= 15 is 0 Å². The number of hydrogen-bond acceptors (Lipinski definition) is 3. The number of carbonyl (C=O) groups is 1. The number of nitrogens with zero attached hydrogens (tertiary/aromatic N) is 2. The van der Waals surface area contributed by atoms with Crippen LogP contribution in [0.25, 0.3) is 0 Å². The first-order valence-electron chi connectivity index (χ1n) is 6.84. The van der Waals surface area contributed by atoms with Gasteiger partial charge in [-0.05, 0) is 36.2 Å². The van der Waals surface area contributed by atoms with Gasteiger partial charge in [-0.25, -0.2) is 0 Å². The summed E-state index contributed by atoms with van der Waals surface area (Å²) in [5, 5.41) is 8.96. The molecule has 0 spiro atoms. The first kappa shape index (κ1) is 13.3. The second kappa shape index (κ2) is 5.39. The van der Waals surface area contributed by atoms with Crippen LogP contribution in [0, 0.1) is 11.3 Å². The Hall–Kier alpha value is -2.64. The smallest absolute Gasteiger partial charge is 0.258 e. The van der Waals surface area contributed by atoms with Crippen LogP contribution in [0.5, 0.6) is 0 Å². The molecular formula is C17H15N3O. The zero-order valence-electron chi connectivity index (χ0n) is 11.5. The highest BCUT2D eigenvalue weighted by Gasteiger charge is 2.27. The second-order valence-electron chi connectivity index (χ2n) is 5.20. The van der Waals surface area contributed by atoms with E-state index in [1.165, 1.54) is 0 Å². The fourth-order valence-electron chi connectivity index (χ4n) is 2.70. The van der Waals surface area contributed by atoms with Gasteiger partial charge in [-0.3, -0.25) is 4.79 Å². The van der Waals surface area contributed by atoms with Crippen LogP contribution in [0.1, 0.15) is 21.5 Å². The lowest BCUT2D eigenvalue weighted by Crippen LogP contribution is -2.46. The highest BCUT2D eigenvalue weighted by molar-refractivity contribution is 6.07. The molecule has 1 amide bonds. The summed E-state index contributed by atoms with van der Waals surface area (Å²) in [5.74, 6) is -0.116. The van der Waals surface area contributed by atoms with E-state index in [2.05, 4.69) is 6.07 Å². The molecule has 0 saturated heterocycles. The Bertz CT molecular complexity index is 733. The molecule has 2 N–H and O–H groups in total. The van der Waals surface area contributed by atoms with Gasteiger partial charge in [0, 0.05) is 23.8 Å². The summed E-state index contributed by atoms with van der Waals surface area (Å²) >= 11 is 0. The Kier molecular flexibility index (Phi) is 3.43. The quantitative estimate of drug-likeness (QED) is 0.867. The molecule has 3 rings (SSSR count). The standard InChI is InChI=1S/C17H15N3O/c18-10-12-4-3-6-14(8-12)17(21)20-11-15(19)9-13-5-1-2-7-16(13)20/h1-8,15H,9,11,19H2. The van der Waals surface area contributed by atoms with E-state index in [9.17, 15) is 4.79 Å². The maximum Gasteiger partial charge on any atom is 0.258 e. The van der Waals surface area contributed by atoms with Crippen LogP contribution in [0.3, 0.4) is 0 Å². The SMILES string of the molecule is N#Cc1cccc(C(=O)N2CC(N)Cc3ccccc32)c1. The van der Waals surface area contributed by atoms with E-state index < -0.39 is 0 Å². The number of amides is 1. The molecule has 1 unspecified atom stereocenters. The molecule has 0 fully saturated rings. The molecule has 4 heteroatoms. The van der Waals surface area contributed by atoms with Gasteiger partial charge in [0.15, 0.2) is 0 Å². The Labute approximate surface area is 123 Å². The molecule has 1 atom stereocenters. The minimum atomic E-state index is -0.116. The third-order valence-electron chi connectivity index (χ3n) is 3.67. The van der Waals surface area contributed by atoms with Crippen molar-refractivity contribution in [2.75, 3.05) is 11.4 Å². The molecule has 1 aliphatic heterocycles. The lowest BCUT2D eigenvalue weighted by molar-refractivity contribution is 0.0983. The summed E-state index contributed by atoms with van der Waals surface area (Å²) in [4.78, 5) is 14.4. The lowest BCUT2D eigenvalue weighted by Gasteiger charge is -2.33. The Morgan fingerprint density at radius 3 is 2.86 bits per heavy atom. The number of hydrogen-bond donors (Lipinski definition) is 1. The van der Waals surface area contributed by atoms with E-state index in [0.29, 0.717) is 17.7 Å². The average Bonchev–Trinajstić information content (AvgIpc) is 2.53. The molecule has 4 nitrogen and oxygen atoms in total. The van der Waals surface area contributed by atoms with Gasteiger partial charge in [0.2, 0.25) is 0 Å². The number of nitrogens with two attached hydrogens (primary N) is 1. The van der Waals surface area contributed by atoms with E-state index in [1.807, 2.05) is 24.3 Å². The lowest BCUT2D eigenvalue weighted by atomic mass is 9.97. The summed E-state index contributed by atoms with van der Waals surface area (Å²) in [5.41, 5.74) is 9.05. The Balaban J connectivity index is 2.00. The summed E-state index contributed by atoms with van der Waals surface area (Å²) in [6.07, 6.45) is 0.776. The van der Waals surface area contributed by atoms with E-state index in [-0.39, 0.29) is 11.9 Å². The molecule has 0 bridgehead atoms. The third kappa shape index (κ3) is 2.51. The normalized spacial score (nSPS) is 17.0. The van der Waals surface area contributed by atoms with Crippen LogP contribution in [0.15, 0.2) is 48.5 Å². The van der Waals surface area contributed by atoms with Crippen molar-refractivity contribution in [3.8, 4) is 6.07 Å². The maximum atomic E-state index is 12.7. The fourth-order valence-corrected chi connectivity index (χ4v) is 2.70. The van der Waals surface area contributed by atoms with E-state index in [4.69, 9.17) is 11.0 Å². The monoisotopic (exact) mass is 277 g/mol. The van der Waals surface area contributed by atoms with Crippen LogP contribution in [0.4, 0.5) is 5.69 Å². The van der Waals surface area contributed by atoms with Gasteiger partial charge in [-0.1, -0.05) is 24.3 Å². The molecule has 21 heavy (non-hydrogen) atoms. The average molecular weight is 277 g/mol. The second-order valence-corrected chi connectivity index (χ2v) is 5.20. The van der Waals surface area contributed by atoms with Gasteiger partial charge >= 0.3 is 0 Å². The van der Waals surface area contributed by atoms with Gasteiger partial charge in [-0.2, -0.15) is 5.26 Å². The maximum absolute atomic E-state index is 12.7. The first-order valence-corrected chi connectivity index (χ1v) is 6.84. The Morgan fingerprint density at radius 2 is 2.05 bits per heavy atom. The van der Waals surface area contributed by atoms with Gasteiger partial charge in [-0.15, -0.1) is 0 Å². The number of fused-ring (bicyclic) bond motifs is 1. The van der Waals surface area contributed by atoms with Crippen molar-refractivity contribution in [1.29, 1.82) is 5.26 Å². The third-order valence-corrected chi connectivity index (χ3v) is 3.67. The zero-order chi connectivity index (χ0) is 14.8. The van der Waals surface area contributed by atoms with Crippen LogP contribution in [-0.2, 0) is 6.42 Å². The molecule has 0 aromatic heterocycles. The molecular weight excluding hydrogens is 262 g/mol. The van der Waals surface area contributed by atoms with E-state index in [1.54, 1.807) is 29.2 Å². The Morgan fingerprint density at radius 1 is 1.24 bits per heavy atom. The number of anilines is 1. The van der Waals surface area contributed by atoms with Crippen LogP contribution in [0.2, 0.25) is 0 Å². The fraction of sp³-hybridized carbons (Fsp3) is 0.176. The van der Waals surface area contributed by atoms with Crippen molar-refractivity contribution in [2.45, 2.75) is 12.5 Å². The van der Waals surface area contributed by atoms with Gasteiger partial charge in [0.1, 0.15) is 0 Å². The molecule has 104 valence electrons. The summed E-state index contributed by atoms with van der Waals surface area (Å²) < 4.78 is 0. The number of carbonyl (C=O) groups excluding carboxylic acids is 1. The molecule has 0 radical (unpaired) electrons. The van der Waals surface area contributed by atoms with Crippen LogP contribution in [-0.4, -0.2) is 18.5 Å². The summed E-state index contributed by atoms with van der Waals surface area (Å²) in [6, 6.07) is 16.6. The van der Waals surface area contributed by atoms with Crippen molar-refractivity contribution in [3.05, 3.63) is 65.2 Å². The van der Waals surface area contributed by atoms with Crippen molar-refractivity contribution in [1.82, 2.24) is 0 Å². The number of para-hydroxylation sites is 1. The first-order chi connectivity index (χ1) is 10.2. The van der Waals surface area contributed by atoms with Gasteiger partial charge < -0.3 is 10.6 Å². The summed E-state index contributed by atoms with van der Waals surface area (Å²) in [7, 11) is 0. The highest BCUT2D eigenvalue weighted by atomic mass is 16.2. The van der Waals surface area contributed by atoms with Crippen molar-refractivity contribution in [3.63, 3.8) is 0 Å². The zero-order valence-corrected chi connectivity index (χ0v) is 11.5. The number of benzene rings is 2. The topological polar surface area (TPSA) is 70.1 Å². The molecule has 1 aliphatic rings. The molecule has 2 aromatic carbocycles. The molecule has 0 aliphatic carbocycles. The highest BCUT2D eigenvalue weighted by Crippen LogP contribution is 2.27. The van der Waals surface area contributed by atoms with Crippen molar-refractivity contribution < 1.29 is 4.79 Å². The van der Waals surface area contributed by atoms with E-state index in [0.717, 1.165) is 17.7 Å². The summed E-state index contributed by atoms with van der Waals surface area (Å²) in [6.45, 7) is 0.493. The van der Waals surface area contributed by atoms with Crippen LogP contribution < -0.4 is 10.6 Å². The van der Waals surface area contributed by atoms with Crippen molar-refractivity contribution >= 4 is 11.6 Å². The van der Waals surface area contributed by atoms with Crippen LogP contribution >= 0.6 is 0 Å². The minimum absolute atomic E-state index is 0.0667. The number of rotatable bonds is 1. The molecule has 2 aromatic rings. The molecule has 1 heterocycles. The molecule has 0 saturated carbocycles. The predicted molar refractivity (Wildman–Crippen MR) is 81.0 cm³/mol. The minimum Gasteiger partial charge on any atom is -0.326 e. The van der Waals surface area contributed by atoms with Gasteiger partial charge in [0.25, 0.3) is 5.91 Å². The largest absolute Gasteiger partial charge is 0.326 e. The van der Waals surface area contributed by atoms with Gasteiger partial charge in [0.05, 0.1) is 11.6 Å². The van der Waals surface area contributed by atoms with Crippen molar-refractivity contribution in [2.24, 2.45) is 5.73 Å². The predicted octanol–water partition coefficient (Wildman–Crippen LogP) is 2.09. The number of nitriles is 1.